The van der Waals surface area contributed by atoms with Gasteiger partial charge in [0.25, 0.3) is 5.91 Å². The molecule has 0 unspecified atom stereocenters. The Balaban J connectivity index is 1.55. The summed E-state index contributed by atoms with van der Waals surface area (Å²) in [6.45, 7) is 4.89. The Kier molecular flexibility index (Phi) is 4.93. The molecule has 1 aromatic rings. The molecule has 0 spiro atoms. The number of methoxy groups -OCH3 is 1. The first-order valence-corrected chi connectivity index (χ1v) is 9.93. The first-order chi connectivity index (χ1) is 12.6. The Morgan fingerprint density at radius 3 is 2.81 bits per heavy atom. The maximum Gasteiger partial charge on any atom is 0.253 e. The number of hydrogen-bond acceptors (Lipinski definition) is 4. The van der Waals surface area contributed by atoms with Crippen LogP contribution in [-0.2, 0) is 0 Å². The van der Waals surface area contributed by atoms with Gasteiger partial charge in [0.05, 0.1) is 13.7 Å². The molecule has 1 N–H and O–H groups in total. The van der Waals surface area contributed by atoms with Crippen LogP contribution in [0.1, 0.15) is 41.6 Å². The lowest BCUT2D eigenvalue weighted by molar-refractivity contribution is -0.0795. The van der Waals surface area contributed by atoms with E-state index in [1.807, 2.05) is 30.0 Å². The van der Waals surface area contributed by atoms with Crippen molar-refractivity contribution in [1.29, 1.82) is 0 Å². The number of aliphatic hydroxyl groups excluding tert-OH is 1. The lowest BCUT2D eigenvalue weighted by atomic mass is 9.72. The van der Waals surface area contributed by atoms with E-state index in [0.717, 1.165) is 42.9 Å². The number of aliphatic hydroxyl groups is 1. The van der Waals surface area contributed by atoms with Gasteiger partial charge < -0.3 is 14.7 Å². The van der Waals surface area contributed by atoms with E-state index in [0.29, 0.717) is 17.9 Å². The van der Waals surface area contributed by atoms with Crippen molar-refractivity contribution < 1.29 is 14.6 Å². The fourth-order valence-electron chi connectivity index (χ4n) is 5.52. The van der Waals surface area contributed by atoms with Crippen molar-refractivity contribution in [3.63, 3.8) is 0 Å². The largest absolute Gasteiger partial charge is 0.496 e. The summed E-state index contributed by atoms with van der Waals surface area (Å²) in [5.41, 5.74) is 1.73. The summed E-state index contributed by atoms with van der Waals surface area (Å²) in [5, 5.41) is 10.0. The maximum absolute atomic E-state index is 13.1. The van der Waals surface area contributed by atoms with Gasteiger partial charge in [-0.1, -0.05) is 6.42 Å². The van der Waals surface area contributed by atoms with Crippen LogP contribution in [0.2, 0.25) is 0 Å². The van der Waals surface area contributed by atoms with Crippen LogP contribution in [0.25, 0.3) is 0 Å². The number of piperidine rings is 3. The maximum atomic E-state index is 13.1. The molecule has 4 atom stereocenters. The Labute approximate surface area is 155 Å². The number of aryl methyl sites for hydroxylation is 1. The Hall–Kier alpha value is -1.59. The van der Waals surface area contributed by atoms with Crippen LogP contribution < -0.4 is 4.74 Å². The van der Waals surface area contributed by atoms with Crippen molar-refractivity contribution in [2.75, 3.05) is 33.4 Å². The molecule has 26 heavy (non-hydrogen) atoms. The fourth-order valence-corrected chi connectivity index (χ4v) is 5.52. The summed E-state index contributed by atoms with van der Waals surface area (Å²) < 4.78 is 5.32. The molecular formula is C21H30N2O3. The highest BCUT2D eigenvalue weighted by atomic mass is 16.5. The van der Waals surface area contributed by atoms with Gasteiger partial charge in [-0.05, 0) is 68.3 Å². The van der Waals surface area contributed by atoms with Crippen LogP contribution >= 0.6 is 0 Å². The van der Waals surface area contributed by atoms with E-state index in [4.69, 9.17) is 4.74 Å². The van der Waals surface area contributed by atoms with Crippen LogP contribution in [0.4, 0.5) is 0 Å². The summed E-state index contributed by atoms with van der Waals surface area (Å²) in [4.78, 5) is 17.7. The van der Waals surface area contributed by atoms with Gasteiger partial charge in [0.1, 0.15) is 5.75 Å². The molecule has 3 aliphatic rings. The molecule has 0 radical (unpaired) electrons. The van der Waals surface area contributed by atoms with E-state index in [9.17, 15) is 9.90 Å². The number of fused-ring (bicyclic) bond motifs is 4. The first kappa shape index (κ1) is 17.8. The lowest BCUT2D eigenvalue weighted by Gasteiger charge is -2.56. The molecule has 0 aromatic heterocycles. The summed E-state index contributed by atoms with van der Waals surface area (Å²) in [6, 6.07) is 6.43. The minimum atomic E-state index is 0.117. The minimum Gasteiger partial charge on any atom is -0.496 e. The predicted octanol–water partition coefficient (Wildman–Crippen LogP) is 2.31. The number of benzene rings is 1. The molecule has 5 nitrogen and oxygen atoms in total. The third-order valence-electron chi connectivity index (χ3n) is 6.74. The minimum absolute atomic E-state index is 0.117. The second-order valence-corrected chi connectivity index (χ2v) is 8.20. The van der Waals surface area contributed by atoms with Crippen LogP contribution in [-0.4, -0.2) is 66.2 Å². The van der Waals surface area contributed by atoms with E-state index in [2.05, 4.69) is 4.90 Å². The van der Waals surface area contributed by atoms with Gasteiger partial charge >= 0.3 is 0 Å². The predicted molar refractivity (Wildman–Crippen MR) is 100 cm³/mol. The average Bonchev–Trinajstić information content (AvgIpc) is 2.67. The van der Waals surface area contributed by atoms with Crippen molar-refractivity contribution in [2.45, 2.75) is 44.7 Å². The third kappa shape index (κ3) is 3.01. The van der Waals surface area contributed by atoms with Crippen molar-refractivity contribution in [2.24, 2.45) is 11.8 Å². The van der Waals surface area contributed by atoms with E-state index in [1.165, 1.54) is 19.3 Å². The smallest absolute Gasteiger partial charge is 0.253 e. The monoisotopic (exact) mass is 358 g/mol. The molecule has 3 fully saturated rings. The van der Waals surface area contributed by atoms with E-state index in [-0.39, 0.29) is 18.6 Å². The molecule has 142 valence electrons. The Bertz CT molecular complexity index is 663. The average molecular weight is 358 g/mol. The number of carbonyl (C=O) groups excluding carboxylic acids is 1. The quantitative estimate of drug-likeness (QED) is 0.901. The summed E-state index contributed by atoms with van der Waals surface area (Å²) in [5.74, 6) is 1.86. The normalized spacial score (nSPS) is 31.4. The number of ether oxygens (including phenoxy) is 1. The molecule has 2 bridgehead atoms. The zero-order valence-electron chi connectivity index (χ0n) is 15.9. The number of carbonyl (C=O) groups is 1. The van der Waals surface area contributed by atoms with Crippen molar-refractivity contribution in [1.82, 2.24) is 9.80 Å². The molecular weight excluding hydrogens is 328 g/mol. The van der Waals surface area contributed by atoms with Gasteiger partial charge in [0, 0.05) is 30.7 Å². The van der Waals surface area contributed by atoms with E-state index in [1.54, 1.807) is 7.11 Å². The number of amides is 1. The highest BCUT2D eigenvalue weighted by molar-refractivity contribution is 5.94. The number of hydrogen-bond donors (Lipinski definition) is 1. The van der Waals surface area contributed by atoms with Crippen molar-refractivity contribution in [3.8, 4) is 5.75 Å². The topological polar surface area (TPSA) is 53.0 Å². The SMILES string of the molecule is COc1ccc(C(=O)N2C[C@H]3C[C@@H](C2)[C@H](CO)N2CCCC[C@@H]32)cc1C. The van der Waals surface area contributed by atoms with Gasteiger partial charge in [-0.25, -0.2) is 0 Å². The highest BCUT2D eigenvalue weighted by Crippen LogP contribution is 2.41. The molecule has 3 saturated heterocycles. The highest BCUT2D eigenvalue weighted by Gasteiger charge is 2.47. The molecule has 0 aliphatic carbocycles. The van der Waals surface area contributed by atoms with Crippen molar-refractivity contribution >= 4 is 5.91 Å². The molecule has 0 saturated carbocycles. The lowest BCUT2D eigenvalue weighted by Crippen LogP contribution is -2.65. The molecule has 4 rings (SSSR count). The van der Waals surface area contributed by atoms with Crippen LogP contribution in [0.5, 0.6) is 5.75 Å². The molecule has 3 heterocycles. The van der Waals surface area contributed by atoms with Gasteiger partial charge in [-0.2, -0.15) is 0 Å². The molecule has 1 aromatic carbocycles. The van der Waals surface area contributed by atoms with Crippen LogP contribution in [0.3, 0.4) is 0 Å². The molecule has 3 aliphatic heterocycles. The fraction of sp³-hybridized carbons (Fsp3) is 0.667. The zero-order chi connectivity index (χ0) is 18.3. The number of rotatable bonds is 3. The van der Waals surface area contributed by atoms with Gasteiger partial charge in [0.15, 0.2) is 0 Å². The van der Waals surface area contributed by atoms with E-state index < -0.39 is 0 Å². The van der Waals surface area contributed by atoms with Crippen LogP contribution in [0, 0.1) is 18.8 Å². The van der Waals surface area contributed by atoms with E-state index >= 15 is 0 Å². The van der Waals surface area contributed by atoms with Crippen LogP contribution in [0.15, 0.2) is 18.2 Å². The standard InChI is InChI=1S/C21H30N2O3/c1-14-9-15(6-7-20(14)26-2)21(25)22-11-16-10-17(12-22)19(13-24)23-8-4-3-5-18(16)23/h6-7,9,16-19,24H,3-5,8,10-13H2,1-2H3/t16-,17+,18+,19+/m1/s1. The number of likely N-dealkylation sites (tertiary alicyclic amines) is 1. The summed E-state index contributed by atoms with van der Waals surface area (Å²) >= 11 is 0. The number of nitrogens with zero attached hydrogens (tertiary/aromatic N) is 2. The van der Waals surface area contributed by atoms with Gasteiger partial charge in [-0.3, -0.25) is 9.69 Å². The summed E-state index contributed by atoms with van der Waals surface area (Å²) in [7, 11) is 1.65. The second-order valence-electron chi connectivity index (χ2n) is 8.20. The second kappa shape index (κ2) is 7.20. The Morgan fingerprint density at radius 2 is 2.08 bits per heavy atom. The molecule has 5 heteroatoms. The van der Waals surface area contributed by atoms with Gasteiger partial charge in [-0.15, -0.1) is 0 Å². The molecule has 1 amide bonds. The van der Waals surface area contributed by atoms with Gasteiger partial charge in [0.2, 0.25) is 0 Å². The van der Waals surface area contributed by atoms with Crippen molar-refractivity contribution in [3.05, 3.63) is 29.3 Å². The summed E-state index contributed by atoms with van der Waals surface area (Å²) in [6.07, 6.45) is 4.86. The zero-order valence-corrected chi connectivity index (χ0v) is 15.9. The first-order valence-electron chi connectivity index (χ1n) is 9.93. The Morgan fingerprint density at radius 1 is 1.27 bits per heavy atom. The third-order valence-corrected chi connectivity index (χ3v) is 6.74.